The number of nitrogens with zero attached hydrogens (tertiary/aromatic N) is 2. The molecule has 2 amide bonds. The molecule has 2 N–H and O–H groups in total. The zero-order valence-electron chi connectivity index (χ0n) is 14.1. The molecule has 3 aromatic rings. The van der Waals surface area contributed by atoms with Crippen LogP contribution in [0.1, 0.15) is 23.7 Å². The van der Waals surface area contributed by atoms with Crippen molar-refractivity contribution in [1.82, 2.24) is 15.5 Å². The third-order valence-corrected chi connectivity index (χ3v) is 4.29. The minimum atomic E-state index is -0.761. The fourth-order valence-corrected chi connectivity index (χ4v) is 2.99. The van der Waals surface area contributed by atoms with Crippen molar-refractivity contribution in [2.24, 2.45) is 0 Å². The number of hydrogen-bond acceptors (Lipinski definition) is 5. The van der Waals surface area contributed by atoms with Crippen LogP contribution in [0.25, 0.3) is 11.4 Å². The van der Waals surface area contributed by atoms with E-state index in [9.17, 15) is 14.0 Å². The lowest BCUT2D eigenvalue weighted by molar-refractivity contribution is -0.126. The first-order valence-corrected chi connectivity index (χ1v) is 8.34. The predicted octanol–water partition coefficient (Wildman–Crippen LogP) is 2.62. The number of carbonyl (C=O) groups excluding carboxylic acids is 2. The summed E-state index contributed by atoms with van der Waals surface area (Å²) < 4.78 is 18.8. The molecular formula is C19H15FN4O3. The van der Waals surface area contributed by atoms with Gasteiger partial charge in [0, 0.05) is 24.4 Å². The number of fused-ring (bicyclic) bond motifs is 1. The van der Waals surface area contributed by atoms with Crippen molar-refractivity contribution < 1.29 is 18.5 Å². The van der Waals surface area contributed by atoms with Crippen LogP contribution in [0.2, 0.25) is 0 Å². The summed E-state index contributed by atoms with van der Waals surface area (Å²) in [5.74, 6) is -1.44. The number of pyridine rings is 1. The van der Waals surface area contributed by atoms with Gasteiger partial charge in [-0.05, 0) is 35.9 Å². The number of halogens is 1. The lowest BCUT2D eigenvalue weighted by Gasteiger charge is -2.24. The SMILES string of the molecule is O=C1C[C@H](C(=O)NCc2cc(-c3ccccn3)no2)c2cc(F)ccc2N1. The minimum absolute atomic E-state index is 0.0438. The van der Waals surface area contributed by atoms with Gasteiger partial charge >= 0.3 is 0 Å². The van der Waals surface area contributed by atoms with Crippen molar-refractivity contribution in [3.05, 3.63) is 65.8 Å². The highest BCUT2D eigenvalue weighted by Crippen LogP contribution is 2.33. The average Bonchev–Trinajstić information content (AvgIpc) is 3.15. The molecule has 2 aromatic heterocycles. The number of hydrogen-bond donors (Lipinski definition) is 2. The molecule has 27 heavy (non-hydrogen) atoms. The van der Waals surface area contributed by atoms with Gasteiger partial charge in [0.25, 0.3) is 0 Å². The molecule has 1 aromatic carbocycles. The third kappa shape index (κ3) is 3.55. The molecule has 7 nitrogen and oxygen atoms in total. The van der Waals surface area contributed by atoms with Crippen LogP contribution < -0.4 is 10.6 Å². The van der Waals surface area contributed by atoms with Crippen LogP contribution in [0.5, 0.6) is 0 Å². The second-order valence-electron chi connectivity index (χ2n) is 6.15. The van der Waals surface area contributed by atoms with Gasteiger partial charge in [-0.2, -0.15) is 0 Å². The van der Waals surface area contributed by atoms with Gasteiger partial charge in [-0.3, -0.25) is 14.6 Å². The molecule has 3 heterocycles. The third-order valence-electron chi connectivity index (χ3n) is 4.29. The number of carbonyl (C=O) groups is 2. The molecule has 136 valence electrons. The molecule has 1 atom stereocenters. The molecule has 8 heteroatoms. The topological polar surface area (TPSA) is 97.1 Å². The Hall–Kier alpha value is -3.55. The fourth-order valence-electron chi connectivity index (χ4n) is 2.99. The number of rotatable bonds is 4. The highest BCUT2D eigenvalue weighted by molar-refractivity contribution is 6.01. The van der Waals surface area contributed by atoms with Crippen LogP contribution in [-0.2, 0) is 16.1 Å². The Morgan fingerprint density at radius 2 is 2.15 bits per heavy atom. The average molecular weight is 366 g/mol. The van der Waals surface area contributed by atoms with Crippen molar-refractivity contribution in [3.63, 3.8) is 0 Å². The zero-order chi connectivity index (χ0) is 18.8. The fraction of sp³-hybridized carbons (Fsp3) is 0.158. The Balaban J connectivity index is 1.47. The number of aromatic nitrogens is 2. The Labute approximate surface area is 153 Å². The molecule has 0 saturated heterocycles. The van der Waals surface area contributed by atoms with Crippen molar-refractivity contribution >= 4 is 17.5 Å². The number of nitrogens with one attached hydrogen (secondary N) is 2. The largest absolute Gasteiger partial charge is 0.359 e. The maximum absolute atomic E-state index is 13.6. The summed E-state index contributed by atoms with van der Waals surface area (Å²) >= 11 is 0. The van der Waals surface area contributed by atoms with Crippen LogP contribution in [0.4, 0.5) is 10.1 Å². The molecule has 0 aliphatic carbocycles. The van der Waals surface area contributed by atoms with Crippen LogP contribution in [0, 0.1) is 5.82 Å². The highest BCUT2D eigenvalue weighted by Gasteiger charge is 2.31. The summed E-state index contributed by atoms with van der Waals surface area (Å²) in [6, 6.07) is 11.1. The van der Waals surface area contributed by atoms with E-state index in [4.69, 9.17) is 4.52 Å². The van der Waals surface area contributed by atoms with Gasteiger partial charge in [-0.1, -0.05) is 11.2 Å². The first-order chi connectivity index (χ1) is 13.1. The van der Waals surface area contributed by atoms with Gasteiger partial charge < -0.3 is 15.2 Å². The molecular weight excluding hydrogens is 351 g/mol. The van der Waals surface area contributed by atoms with Crippen molar-refractivity contribution in [2.45, 2.75) is 18.9 Å². The van der Waals surface area contributed by atoms with E-state index < -0.39 is 11.7 Å². The summed E-state index contributed by atoms with van der Waals surface area (Å²) in [6.45, 7) is 0.0986. The zero-order valence-corrected chi connectivity index (χ0v) is 14.1. The van der Waals surface area contributed by atoms with E-state index in [-0.39, 0.29) is 24.8 Å². The Bertz CT molecular complexity index is 1000. The maximum Gasteiger partial charge on any atom is 0.228 e. The summed E-state index contributed by atoms with van der Waals surface area (Å²) in [7, 11) is 0. The van der Waals surface area contributed by atoms with Crippen LogP contribution >= 0.6 is 0 Å². The molecule has 0 radical (unpaired) electrons. The van der Waals surface area contributed by atoms with E-state index in [2.05, 4.69) is 20.8 Å². The van der Waals surface area contributed by atoms with E-state index in [1.807, 2.05) is 6.07 Å². The van der Waals surface area contributed by atoms with Crippen molar-refractivity contribution in [2.75, 3.05) is 5.32 Å². The number of anilines is 1. The predicted molar refractivity (Wildman–Crippen MR) is 94.0 cm³/mol. The molecule has 0 fully saturated rings. The van der Waals surface area contributed by atoms with E-state index in [1.165, 1.54) is 18.2 Å². The quantitative estimate of drug-likeness (QED) is 0.740. The molecule has 0 spiro atoms. The van der Waals surface area contributed by atoms with Gasteiger partial charge in [-0.15, -0.1) is 0 Å². The second-order valence-corrected chi connectivity index (χ2v) is 6.15. The van der Waals surface area contributed by atoms with E-state index >= 15 is 0 Å². The van der Waals surface area contributed by atoms with E-state index in [1.54, 1.807) is 24.4 Å². The lowest BCUT2D eigenvalue weighted by atomic mass is 9.89. The van der Waals surface area contributed by atoms with Crippen molar-refractivity contribution in [3.8, 4) is 11.4 Å². The molecule has 4 rings (SSSR count). The standard InChI is InChI=1S/C19H15FN4O3/c20-11-4-5-15-13(7-11)14(9-18(25)23-15)19(26)22-10-12-8-17(24-27-12)16-3-1-2-6-21-16/h1-8,14H,9-10H2,(H,22,26)(H,23,25)/t14-/m0/s1. The Morgan fingerprint density at radius 1 is 1.26 bits per heavy atom. The van der Waals surface area contributed by atoms with Gasteiger partial charge in [0.2, 0.25) is 11.8 Å². The monoisotopic (exact) mass is 366 g/mol. The van der Waals surface area contributed by atoms with Crippen LogP contribution in [0.15, 0.2) is 53.2 Å². The van der Waals surface area contributed by atoms with E-state index in [0.717, 1.165) is 0 Å². The Kier molecular flexibility index (Phi) is 4.37. The Morgan fingerprint density at radius 3 is 2.96 bits per heavy atom. The van der Waals surface area contributed by atoms with Gasteiger partial charge in [0.05, 0.1) is 18.2 Å². The van der Waals surface area contributed by atoms with Gasteiger partial charge in [0.1, 0.15) is 11.5 Å². The summed E-state index contributed by atoms with van der Waals surface area (Å²) in [5.41, 5.74) is 2.13. The number of amides is 2. The van der Waals surface area contributed by atoms with Crippen LogP contribution in [-0.4, -0.2) is 22.0 Å². The highest BCUT2D eigenvalue weighted by atomic mass is 19.1. The maximum atomic E-state index is 13.6. The first-order valence-electron chi connectivity index (χ1n) is 8.34. The van der Waals surface area contributed by atoms with Crippen molar-refractivity contribution in [1.29, 1.82) is 0 Å². The normalized spacial score (nSPS) is 15.7. The van der Waals surface area contributed by atoms with Gasteiger partial charge in [-0.25, -0.2) is 4.39 Å². The number of benzene rings is 1. The summed E-state index contributed by atoms with van der Waals surface area (Å²) in [5, 5.41) is 9.30. The smallest absolute Gasteiger partial charge is 0.228 e. The molecule has 0 bridgehead atoms. The second kappa shape index (κ2) is 6.99. The summed E-state index contributed by atoms with van der Waals surface area (Å²) in [6.07, 6.45) is 1.61. The van der Waals surface area contributed by atoms with Crippen LogP contribution in [0.3, 0.4) is 0 Å². The van der Waals surface area contributed by atoms with Gasteiger partial charge in [0.15, 0.2) is 5.76 Å². The molecule has 0 unspecified atom stereocenters. The minimum Gasteiger partial charge on any atom is -0.359 e. The summed E-state index contributed by atoms with van der Waals surface area (Å²) in [4.78, 5) is 28.6. The lowest BCUT2D eigenvalue weighted by Crippen LogP contribution is -2.34. The molecule has 1 aliphatic rings. The van der Waals surface area contributed by atoms with E-state index in [0.29, 0.717) is 28.4 Å². The first kappa shape index (κ1) is 16.9. The molecule has 1 aliphatic heterocycles. The molecule has 0 saturated carbocycles.